The number of rotatable bonds is 2. The molecule has 0 amide bonds. The molecule has 0 aromatic heterocycles. The third kappa shape index (κ3) is 4.41. The van der Waals surface area contributed by atoms with Crippen molar-refractivity contribution in [1.29, 1.82) is 5.26 Å². The van der Waals surface area contributed by atoms with Crippen LogP contribution in [-0.4, -0.2) is 23.5 Å². The smallest absolute Gasteiger partial charge is 0.117 e. The number of likely N-dealkylation sites (tertiary alicyclic amines) is 1. The van der Waals surface area contributed by atoms with Crippen LogP contribution in [0.25, 0.3) is 0 Å². The highest BCUT2D eigenvalue weighted by Crippen LogP contribution is 2.24. The molecule has 0 unspecified atom stereocenters. The van der Waals surface area contributed by atoms with E-state index in [9.17, 15) is 0 Å². The minimum atomic E-state index is -0.674. The fourth-order valence-electron chi connectivity index (χ4n) is 2.70. The Kier molecular flexibility index (Phi) is 5.57. The van der Waals surface area contributed by atoms with Crippen molar-refractivity contribution in [3.63, 3.8) is 0 Å². The largest absolute Gasteiger partial charge is 0.312 e. The Hall–Kier alpha value is -1.81. The fourth-order valence-corrected chi connectivity index (χ4v) is 2.70. The summed E-state index contributed by atoms with van der Waals surface area (Å²) in [6.45, 7) is 4.74. The lowest BCUT2D eigenvalue weighted by Gasteiger charge is -2.39. The average Bonchev–Trinajstić information content (AvgIpc) is 2.41. The number of terminal acetylenes is 1. The van der Waals surface area contributed by atoms with E-state index in [0.717, 1.165) is 19.5 Å². The van der Waals surface area contributed by atoms with Gasteiger partial charge in [0.05, 0.1) is 6.07 Å². The zero-order chi connectivity index (χ0) is 14.3. The quantitative estimate of drug-likeness (QED) is 0.822. The van der Waals surface area contributed by atoms with Gasteiger partial charge in [0.25, 0.3) is 0 Å². The molecule has 1 aromatic rings. The Bertz CT molecular complexity index is 446. The van der Waals surface area contributed by atoms with E-state index in [1.807, 2.05) is 18.2 Å². The van der Waals surface area contributed by atoms with Crippen molar-refractivity contribution in [2.75, 3.05) is 13.1 Å². The van der Waals surface area contributed by atoms with E-state index in [0.29, 0.717) is 12.5 Å². The molecule has 1 heterocycles. The Morgan fingerprint density at radius 3 is 2.63 bits per heavy atom. The molecule has 3 heteroatoms. The van der Waals surface area contributed by atoms with Crippen LogP contribution in [0, 0.1) is 30.1 Å². The lowest BCUT2D eigenvalue weighted by atomic mass is 9.85. The normalized spacial score (nSPS) is 26.8. The van der Waals surface area contributed by atoms with Gasteiger partial charge in [0.15, 0.2) is 0 Å². The number of nitrogens with zero attached hydrogens (tertiary/aromatic N) is 2. The molecular weight excluding hydrogens is 234 g/mol. The number of nitrogens with two attached hydrogens (primary N) is 1. The number of nitriles is 1. The molecule has 0 aliphatic carbocycles. The van der Waals surface area contributed by atoms with Crippen molar-refractivity contribution in [2.45, 2.75) is 25.4 Å². The zero-order valence-electron chi connectivity index (χ0n) is 11.4. The molecule has 1 fully saturated rings. The van der Waals surface area contributed by atoms with Crippen LogP contribution in [0.1, 0.15) is 18.9 Å². The molecule has 100 valence electrons. The van der Waals surface area contributed by atoms with Crippen molar-refractivity contribution in [1.82, 2.24) is 4.90 Å². The predicted molar refractivity (Wildman–Crippen MR) is 77.9 cm³/mol. The van der Waals surface area contributed by atoms with Gasteiger partial charge in [-0.05, 0) is 17.9 Å². The van der Waals surface area contributed by atoms with Crippen LogP contribution in [-0.2, 0) is 6.54 Å². The molecule has 1 aliphatic rings. The van der Waals surface area contributed by atoms with E-state index in [4.69, 9.17) is 11.0 Å². The molecule has 0 radical (unpaired) electrons. The molecule has 1 saturated heterocycles. The van der Waals surface area contributed by atoms with Crippen LogP contribution in [0.3, 0.4) is 0 Å². The molecule has 0 bridgehead atoms. The fraction of sp³-hybridized carbons (Fsp3) is 0.438. The molecule has 2 atom stereocenters. The second-order valence-electron chi connectivity index (χ2n) is 5.23. The first-order chi connectivity index (χ1) is 9.11. The lowest BCUT2D eigenvalue weighted by molar-refractivity contribution is 0.131. The maximum absolute atomic E-state index is 9.15. The summed E-state index contributed by atoms with van der Waals surface area (Å²) in [6.07, 6.45) is 8.80. The maximum atomic E-state index is 9.15. The summed E-state index contributed by atoms with van der Waals surface area (Å²) in [5.74, 6) is 0.483. The average molecular weight is 255 g/mol. The molecule has 2 N–H and O–H groups in total. The number of piperidine rings is 1. The first kappa shape index (κ1) is 15.2. The van der Waals surface area contributed by atoms with Gasteiger partial charge in [0.1, 0.15) is 5.54 Å². The molecule has 19 heavy (non-hydrogen) atoms. The predicted octanol–water partition coefficient (Wildman–Crippen LogP) is 2.00. The summed E-state index contributed by atoms with van der Waals surface area (Å²) in [4.78, 5) is 2.28. The summed E-state index contributed by atoms with van der Waals surface area (Å²) in [5, 5.41) is 9.15. The number of benzene rings is 1. The van der Waals surface area contributed by atoms with Gasteiger partial charge >= 0.3 is 0 Å². The van der Waals surface area contributed by atoms with Gasteiger partial charge in [-0.25, -0.2) is 0 Å². The van der Waals surface area contributed by atoms with Crippen LogP contribution in [0.2, 0.25) is 0 Å². The van der Waals surface area contributed by atoms with Gasteiger partial charge in [0.2, 0.25) is 0 Å². The van der Waals surface area contributed by atoms with Crippen LogP contribution in [0.4, 0.5) is 0 Å². The molecule has 2 rings (SSSR count). The van der Waals surface area contributed by atoms with Crippen LogP contribution in [0.15, 0.2) is 30.3 Å². The zero-order valence-corrected chi connectivity index (χ0v) is 11.4. The van der Waals surface area contributed by atoms with Crippen molar-refractivity contribution in [2.24, 2.45) is 11.7 Å². The third-order valence-electron chi connectivity index (χ3n) is 3.26. The monoisotopic (exact) mass is 255 g/mol. The minimum Gasteiger partial charge on any atom is -0.312 e. The summed E-state index contributed by atoms with van der Waals surface area (Å²) in [7, 11) is 0. The molecule has 3 nitrogen and oxygen atoms in total. The van der Waals surface area contributed by atoms with Crippen molar-refractivity contribution >= 4 is 0 Å². The highest BCUT2D eigenvalue weighted by molar-refractivity contribution is 5.16. The highest BCUT2D eigenvalue weighted by Gasteiger charge is 2.34. The van der Waals surface area contributed by atoms with E-state index >= 15 is 0 Å². The first-order valence-electron chi connectivity index (χ1n) is 6.41. The minimum absolute atomic E-state index is 0.483. The summed E-state index contributed by atoms with van der Waals surface area (Å²) >= 11 is 0. The van der Waals surface area contributed by atoms with Gasteiger partial charge in [-0.3, -0.25) is 4.90 Å². The standard InChI is InChI=1S/C14H19N3.C2H2/c1-12-7-14(16,10-15)11-17(8-12)9-13-5-3-2-4-6-13;1-2/h2-6,12H,7-9,11,16H2,1H3;1-2H/t12-,14-;/m0./s1. The van der Waals surface area contributed by atoms with Gasteiger partial charge in [-0.15, -0.1) is 12.8 Å². The summed E-state index contributed by atoms with van der Waals surface area (Å²) < 4.78 is 0. The summed E-state index contributed by atoms with van der Waals surface area (Å²) in [6, 6.07) is 12.6. The van der Waals surface area contributed by atoms with Crippen LogP contribution >= 0.6 is 0 Å². The van der Waals surface area contributed by atoms with E-state index in [2.05, 4.69) is 42.9 Å². The Labute approximate surface area is 116 Å². The molecule has 0 saturated carbocycles. The van der Waals surface area contributed by atoms with Gasteiger partial charge in [-0.2, -0.15) is 5.26 Å². The van der Waals surface area contributed by atoms with Gasteiger partial charge in [-0.1, -0.05) is 37.3 Å². The Morgan fingerprint density at radius 2 is 2.05 bits per heavy atom. The molecule has 1 aromatic carbocycles. The third-order valence-corrected chi connectivity index (χ3v) is 3.26. The van der Waals surface area contributed by atoms with E-state index < -0.39 is 5.54 Å². The molecule has 1 aliphatic heterocycles. The second kappa shape index (κ2) is 6.95. The molecular formula is C16H21N3. The summed E-state index contributed by atoms with van der Waals surface area (Å²) in [5.41, 5.74) is 6.70. The van der Waals surface area contributed by atoms with Gasteiger partial charge < -0.3 is 5.73 Å². The van der Waals surface area contributed by atoms with Crippen molar-refractivity contribution in [3.8, 4) is 18.9 Å². The van der Waals surface area contributed by atoms with Crippen molar-refractivity contribution in [3.05, 3.63) is 35.9 Å². The number of hydrogen-bond donors (Lipinski definition) is 1. The van der Waals surface area contributed by atoms with E-state index in [1.54, 1.807) is 0 Å². The van der Waals surface area contributed by atoms with Crippen LogP contribution in [0.5, 0.6) is 0 Å². The Balaban J connectivity index is 0.000000861. The van der Waals surface area contributed by atoms with Gasteiger partial charge in [0, 0.05) is 19.6 Å². The van der Waals surface area contributed by atoms with Crippen molar-refractivity contribution < 1.29 is 0 Å². The van der Waals surface area contributed by atoms with Crippen LogP contribution < -0.4 is 5.73 Å². The maximum Gasteiger partial charge on any atom is 0.117 e. The van der Waals surface area contributed by atoms with E-state index in [1.165, 1.54) is 5.56 Å². The number of hydrogen-bond acceptors (Lipinski definition) is 3. The Morgan fingerprint density at radius 1 is 1.42 bits per heavy atom. The SMILES string of the molecule is C#C.C[C@@H]1CN(Cc2ccccc2)C[C@@](N)(C#N)C1. The lowest BCUT2D eigenvalue weighted by Crippen LogP contribution is -2.55. The second-order valence-corrected chi connectivity index (χ2v) is 5.23. The van der Waals surface area contributed by atoms with E-state index in [-0.39, 0.29) is 0 Å². The highest BCUT2D eigenvalue weighted by atomic mass is 15.2. The topological polar surface area (TPSA) is 53.0 Å². The first-order valence-corrected chi connectivity index (χ1v) is 6.41. The molecule has 0 spiro atoms.